The van der Waals surface area contributed by atoms with Crippen LogP contribution < -0.4 is 10.6 Å². The van der Waals surface area contributed by atoms with Gasteiger partial charge in [-0.3, -0.25) is 19.7 Å². The predicted octanol–water partition coefficient (Wildman–Crippen LogP) is 1.89. The zero-order valence-electron chi connectivity index (χ0n) is 15.8. The van der Waals surface area contributed by atoms with E-state index in [-0.39, 0.29) is 29.3 Å². The summed E-state index contributed by atoms with van der Waals surface area (Å²) < 4.78 is 15.0. The van der Waals surface area contributed by atoms with Crippen molar-refractivity contribution in [3.05, 3.63) is 42.2 Å². The number of aryl methyl sites for hydroxylation is 1. The number of hydrogen-bond acceptors (Lipinski definition) is 10. The van der Waals surface area contributed by atoms with Crippen molar-refractivity contribution >= 4 is 41.4 Å². The molecule has 2 N–H and O–H groups in total. The van der Waals surface area contributed by atoms with Crippen molar-refractivity contribution in [2.45, 2.75) is 6.92 Å². The van der Waals surface area contributed by atoms with Gasteiger partial charge in [0.2, 0.25) is 11.8 Å². The van der Waals surface area contributed by atoms with Crippen molar-refractivity contribution in [1.82, 2.24) is 15.4 Å². The lowest BCUT2D eigenvalue weighted by Crippen LogP contribution is -2.22. The van der Waals surface area contributed by atoms with Crippen LogP contribution in [0.1, 0.15) is 5.76 Å². The van der Waals surface area contributed by atoms with E-state index in [9.17, 15) is 14.4 Å². The summed E-state index contributed by atoms with van der Waals surface area (Å²) in [5.74, 6) is -0.589. The van der Waals surface area contributed by atoms with E-state index in [1.54, 1.807) is 25.1 Å². The maximum absolute atomic E-state index is 11.8. The van der Waals surface area contributed by atoms with Crippen LogP contribution >= 0.6 is 11.8 Å². The van der Waals surface area contributed by atoms with Crippen LogP contribution in [0.5, 0.6) is 0 Å². The fraction of sp³-hybridized carbons (Fsp3) is 0.222. The van der Waals surface area contributed by atoms with E-state index in [4.69, 9.17) is 13.7 Å². The lowest BCUT2D eigenvalue weighted by atomic mass is 10.2. The molecule has 0 saturated heterocycles. The van der Waals surface area contributed by atoms with Crippen LogP contribution in [0.3, 0.4) is 0 Å². The van der Waals surface area contributed by atoms with Crippen LogP contribution in [-0.4, -0.2) is 51.3 Å². The third kappa shape index (κ3) is 6.44. The van der Waals surface area contributed by atoms with Crippen LogP contribution in [0, 0.1) is 6.92 Å². The Labute approximate surface area is 174 Å². The maximum Gasteiger partial charge on any atom is 0.322 e. The lowest BCUT2D eigenvalue weighted by molar-refractivity contribution is -0.144. The molecule has 11 nitrogen and oxygen atoms in total. The molecule has 156 valence electrons. The number of carbonyl (C=O) groups is 3. The monoisotopic (exact) mass is 431 g/mol. The molecule has 2 heterocycles. The largest absolute Gasteiger partial charge is 0.455 e. The van der Waals surface area contributed by atoms with Crippen molar-refractivity contribution in [1.29, 1.82) is 0 Å². The second-order valence-corrected chi connectivity index (χ2v) is 6.84. The Hall–Kier alpha value is -3.67. The van der Waals surface area contributed by atoms with E-state index >= 15 is 0 Å². The Morgan fingerprint density at radius 1 is 1.07 bits per heavy atom. The molecule has 2 amide bonds. The number of nitrogens with one attached hydrogen (secondary N) is 2. The Kier molecular flexibility index (Phi) is 7.16. The first-order valence-corrected chi connectivity index (χ1v) is 9.80. The average Bonchev–Trinajstić information content (AvgIpc) is 3.36. The second kappa shape index (κ2) is 10.2. The van der Waals surface area contributed by atoms with Crippen LogP contribution in [0.2, 0.25) is 0 Å². The number of carbonyl (C=O) groups excluding carboxylic acids is 3. The fourth-order valence-corrected chi connectivity index (χ4v) is 2.76. The van der Waals surface area contributed by atoms with Crippen LogP contribution in [0.4, 0.5) is 11.8 Å². The van der Waals surface area contributed by atoms with Gasteiger partial charge in [-0.25, -0.2) is 0 Å². The summed E-state index contributed by atoms with van der Waals surface area (Å²) in [7, 11) is 0. The first-order chi connectivity index (χ1) is 14.5. The van der Waals surface area contributed by atoms with Crippen molar-refractivity contribution in [3.63, 3.8) is 0 Å². The standard InChI is InChI=1S/C18H17N5O6S/c1-11-7-13(23-29-11)19-15(25)9-30-10-16(26)27-8-14(24)20-18-22-21-17(28-18)12-5-3-2-4-6-12/h2-7H,8-10H2,1H3,(H,19,23,25)(H,20,22,24). The Morgan fingerprint density at radius 3 is 2.60 bits per heavy atom. The summed E-state index contributed by atoms with van der Waals surface area (Å²) >= 11 is 1.03. The minimum absolute atomic E-state index is 0.0114. The van der Waals surface area contributed by atoms with Crippen molar-refractivity contribution in [3.8, 4) is 11.5 Å². The SMILES string of the molecule is Cc1cc(NC(=O)CSCC(=O)OCC(=O)Nc2nnc(-c3ccccc3)o2)no1. The zero-order chi connectivity index (χ0) is 21.3. The smallest absolute Gasteiger partial charge is 0.322 e. The van der Waals surface area contributed by atoms with Gasteiger partial charge in [0.15, 0.2) is 12.4 Å². The number of ether oxygens (including phenoxy) is 1. The first kappa shape index (κ1) is 21.0. The molecule has 3 aromatic rings. The summed E-state index contributed by atoms with van der Waals surface area (Å²) in [6.07, 6.45) is 0. The molecule has 0 bridgehead atoms. The molecule has 0 fully saturated rings. The third-order valence-corrected chi connectivity index (χ3v) is 4.31. The minimum Gasteiger partial charge on any atom is -0.455 e. The van der Waals surface area contributed by atoms with Crippen molar-refractivity contribution in [2.75, 3.05) is 28.7 Å². The van der Waals surface area contributed by atoms with E-state index < -0.39 is 18.5 Å². The molecule has 1 aromatic carbocycles. The predicted molar refractivity (Wildman–Crippen MR) is 107 cm³/mol. The molecule has 0 saturated carbocycles. The van der Waals surface area contributed by atoms with Gasteiger partial charge < -0.3 is 19.0 Å². The van der Waals surface area contributed by atoms with E-state index in [1.807, 2.05) is 18.2 Å². The van der Waals surface area contributed by atoms with Crippen LogP contribution in [-0.2, 0) is 19.1 Å². The summed E-state index contributed by atoms with van der Waals surface area (Å²) in [5.41, 5.74) is 0.705. The molecule has 0 spiro atoms. The van der Waals surface area contributed by atoms with Gasteiger partial charge in [0, 0.05) is 11.6 Å². The van der Waals surface area contributed by atoms with Gasteiger partial charge in [-0.1, -0.05) is 28.5 Å². The molecule has 3 rings (SSSR count). The number of rotatable bonds is 9. The van der Waals surface area contributed by atoms with E-state index in [1.165, 1.54) is 0 Å². The maximum atomic E-state index is 11.8. The summed E-state index contributed by atoms with van der Waals surface area (Å²) in [4.78, 5) is 35.3. The van der Waals surface area contributed by atoms with E-state index in [0.717, 1.165) is 11.8 Å². The number of esters is 1. The molecule has 0 atom stereocenters. The first-order valence-electron chi connectivity index (χ1n) is 8.65. The number of amides is 2. The van der Waals surface area contributed by atoms with Crippen LogP contribution in [0.25, 0.3) is 11.5 Å². The van der Waals surface area contributed by atoms with Gasteiger partial charge in [0.05, 0.1) is 11.5 Å². The van der Waals surface area contributed by atoms with E-state index in [0.29, 0.717) is 17.1 Å². The Balaban J connectivity index is 1.33. The molecule has 12 heteroatoms. The number of nitrogens with zero attached hydrogens (tertiary/aromatic N) is 3. The lowest BCUT2D eigenvalue weighted by Gasteiger charge is -2.04. The number of benzene rings is 1. The highest BCUT2D eigenvalue weighted by atomic mass is 32.2. The van der Waals surface area contributed by atoms with Gasteiger partial charge in [-0.05, 0) is 19.1 Å². The number of hydrogen-bond donors (Lipinski definition) is 2. The number of aromatic nitrogens is 3. The Morgan fingerprint density at radius 2 is 1.87 bits per heavy atom. The highest BCUT2D eigenvalue weighted by Gasteiger charge is 2.14. The number of thioether (sulfide) groups is 1. The Bertz CT molecular complexity index is 1020. The molecule has 0 aliphatic heterocycles. The number of anilines is 2. The average molecular weight is 431 g/mol. The zero-order valence-corrected chi connectivity index (χ0v) is 16.6. The molecule has 0 aliphatic rings. The topological polar surface area (TPSA) is 149 Å². The van der Waals surface area contributed by atoms with Gasteiger partial charge in [-0.2, -0.15) is 0 Å². The molecular formula is C18H17N5O6S. The van der Waals surface area contributed by atoms with Gasteiger partial charge in [0.1, 0.15) is 5.76 Å². The summed E-state index contributed by atoms with van der Waals surface area (Å²) in [6.45, 7) is 1.18. The summed E-state index contributed by atoms with van der Waals surface area (Å²) in [6, 6.07) is 10.5. The third-order valence-electron chi connectivity index (χ3n) is 3.40. The molecule has 0 radical (unpaired) electrons. The van der Waals surface area contributed by atoms with Gasteiger partial charge >= 0.3 is 12.0 Å². The normalized spacial score (nSPS) is 10.4. The van der Waals surface area contributed by atoms with Crippen molar-refractivity contribution < 1.29 is 28.1 Å². The molecule has 0 unspecified atom stereocenters. The highest BCUT2D eigenvalue weighted by molar-refractivity contribution is 8.00. The molecule has 0 aliphatic carbocycles. The van der Waals surface area contributed by atoms with Crippen LogP contribution in [0.15, 0.2) is 45.3 Å². The highest BCUT2D eigenvalue weighted by Crippen LogP contribution is 2.18. The summed E-state index contributed by atoms with van der Waals surface area (Å²) in [5, 5.41) is 16.1. The quantitative estimate of drug-likeness (QED) is 0.481. The minimum atomic E-state index is -0.643. The molecule has 2 aromatic heterocycles. The van der Waals surface area contributed by atoms with Gasteiger partial charge in [-0.15, -0.1) is 16.9 Å². The molecular weight excluding hydrogens is 414 g/mol. The van der Waals surface area contributed by atoms with E-state index in [2.05, 4.69) is 26.0 Å². The molecule has 30 heavy (non-hydrogen) atoms. The van der Waals surface area contributed by atoms with Crippen molar-refractivity contribution in [2.24, 2.45) is 0 Å². The fourth-order valence-electron chi connectivity index (χ4n) is 2.15. The second-order valence-electron chi connectivity index (χ2n) is 5.85. The van der Waals surface area contributed by atoms with Gasteiger partial charge in [0.25, 0.3) is 5.91 Å².